The zero-order valence-electron chi connectivity index (χ0n) is 12.8. The molecule has 0 heterocycles. The maximum atomic E-state index is 3.64. The first-order valence-electron chi connectivity index (χ1n) is 7.88. The molecule has 3 atom stereocenters. The van der Waals surface area contributed by atoms with Crippen LogP contribution in [0.1, 0.15) is 54.0 Å². The summed E-state index contributed by atoms with van der Waals surface area (Å²) in [5.74, 6) is 2.91. The molecule has 0 radical (unpaired) electrons. The average Bonchev–Trinajstić information content (AvgIpc) is 3.07. The molecule has 2 aliphatic carbocycles. The quantitative estimate of drug-likeness (QED) is 0.851. The SMILES string of the molecule is CNC(c1c(C)cc(C)cc1C)C1C2CCCCC21. The van der Waals surface area contributed by atoms with Gasteiger partial charge in [0.2, 0.25) is 0 Å². The fraction of sp³-hybridized carbons (Fsp3) is 0.667. The fourth-order valence-electron chi connectivity index (χ4n) is 4.75. The van der Waals surface area contributed by atoms with Crippen molar-refractivity contribution in [1.82, 2.24) is 5.32 Å². The van der Waals surface area contributed by atoms with Crippen LogP contribution in [0, 0.1) is 38.5 Å². The molecule has 3 unspecified atom stereocenters. The lowest BCUT2D eigenvalue weighted by Gasteiger charge is -2.22. The Labute approximate surface area is 117 Å². The van der Waals surface area contributed by atoms with Crippen LogP contribution in [-0.2, 0) is 0 Å². The van der Waals surface area contributed by atoms with Crippen LogP contribution in [0.25, 0.3) is 0 Å². The van der Waals surface area contributed by atoms with Crippen molar-refractivity contribution in [2.45, 2.75) is 52.5 Å². The minimum Gasteiger partial charge on any atom is -0.313 e. The molecule has 1 heteroatoms. The van der Waals surface area contributed by atoms with Gasteiger partial charge in [-0.15, -0.1) is 0 Å². The number of rotatable bonds is 3. The lowest BCUT2D eigenvalue weighted by Crippen LogP contribution is -2.22. The normalized spacial score (nSPS) is 30.8. The molecule has 1 aromatic carbocycles. The third-order valence-electron chi connectivity index (χ3n) is 5.47. The number of aryl methyl sites for hydroxylation is 3. The number of hydrogen-bond acceptors (Lipinski definition) is 1. The van der Waals surface area contributed by atoms with Crippen molar-refractivity contribution in [3.05, 3.63) is 34.4 Å². The van der Waals surface area contributed by atoms with Crippen molar-refractivity contribution in [2.24, 2.45) is 17.8 Å². The predicted octanol–water partition coefficient (Wildman–Crippen LogP) is 4.31. The van der Waals surface area contributed by atoms with Crippen molar-refractivity contribution in [3.63, 3.8) is 0 Å². The zero-order valence-corrected chi connectivity index (χ0v) is 12.8. The highest BCUT2D eigenvalue weighted by Gasteiger charge is 2.54. The van der Waals surface area contributed by atoms with Gasteiger partial charge in [0.25, 0.3) is 0 Å². The first-order valence-corrected chi connectivity index (χ1v) is 7.88. The second kappa shape index (κ2) is 4.94. The van der Waals surface area contributed by atoms with Gasteiger partial charge >= 0.3 is 0 Å². The van der Waals surface area contributed by atoms with Crippen LogP contribution in [0.2, 0.25) is 0 Å². The van der Waals surface area contributed by atoms with E-state index in [-0.39, 0.29) is 0 Å². The van der Waals surface area contributed by atoms with E-state index in [1.165, 1.54) is 42.4 Å². The van der Waals surface area contributed by atoms with Crippen LogP contribution >= 0.6 is 0 Å². The molecule has 2 saturated carbocycles. The molecule has 0 aromatic heterocycles. The van der Waals surface area contributed by atoms with Crippen molar-refractivity contribution in [1.29, 1.82) is 0 Å². The molecule has 104 valence electrons. The molecule has 0 bridgehead atoms. The van der Waals surface area contributed by atoms with Crippen LogP contribution in [0.4, 0.5) is 0 Å². The summed E-state index contributed by atoms with van der Waals surface area (Å²) in [5.41, 5.74) is 5.91. The van der Waals surface area contributed by atoms with Gasteiger partial charge in [0.05, 0.1) is 0 Å². The van der Waals surface area contributed by atoms with Gasteiger partial charge in [-0.2, -0.15) is 0 Å². The molecule has 0 amide bonds. The molecular weight excluding hydrogens is 230 g/mol. The minimum absolute atomic E-state index is 0.578. The second-order valence-electron chi connectivity index (χ2n) is 6.77. The molecule has 1 aromatic rings. The summed E-state index contributed by atoms with van der Waals surface area (Å²) in [4.78, 5) is 0. The first kappa shape index (κ1) is 13.2. The Hall–Kier alpha value is -0.820. The lowest BCUT2D eigenvalue weighted by atomic mass is 9.90. The Bertz CT molecular complexity index is 442. The lowest BCUT2D eigenvalue weighted by molar-refractivity contribution is 0.478. The Morgan fingerprint density at radius 2 is 1.53 bits per heavy atom. The molecule has 1 nitrogen and oxygen atoms in total. The van der Waals surface area contributed by atoms with Gasteiger partial charge in [0.1, 0.15) is 0 Å². The Morgan fingerprint density at radius 3 is 2.00 bits per heavy atom. The first-order chi connectivity index (χ1) is 9.13. The summed E-state index contributed by atoms with van der Waals surface area (Å²) < 4.78 is 0. The van der Waals surface area contributed by atoms with E-state index in [0.717, 1.165) is 17.8 Å². The summed E-state index contributed by atoms with van der Waals surface area (Å²) in [7, 11) is 2.15. The van der Waals surface area contributed by atoms with E-state index in [1.54, 1.807) is 5.56 Å². The van der Waals surface area contributed by atoms with E-state index < -0.39 is 0 Å². The Balaban J connectivity index is 1.91. The maximum absolute atomic E-state index is 3.64. The Morgan fingerprint density at radius 1 is 1.00 bits per heavy atom. The molecule has 19 heavy (non-hydrogen) atoms. The third-order valence-corrected chi connectivity index (χ3v) is 5.47. The van der Waals surface area contributed by atoms with E-state index in [2.05, 4.69) is 45.3 Å². The molecule has 2 aliphatic rings. The van der Waals surface area contributed by atoms with Crippen LogP contribution in [0.15, 0.2) is 12.1 Å². The molecule has 0 spiro atoms. The van der Waals surface area contributed by atoms with Crippen molar-refractivity contribution < 1.29 is 0 Å². The van der Waals surface area contributed by atoms with E-state index in [0.29, 0.717) is 6.04 Å². The zero-order chi connectivity index (χ0) is 13.6. The molecule has 3 rings (SSSR count). The van der Waals surface area contributed by atoms with Gasteiger partial charge in [-0.1, -0.05) is 30.5 Å². The van der Waals surface area contributed by atoms with Gasteiger partial charge < -0.3 is 5.32 Å². The van der Waals surface area contributed by atoms with Crippen molar-refractivity contribution in [3.8, 4) is 0 Å². The van der Waals surface area contributed by atoms with E-state index in [9.17, 15) is 0 Å². The molecular formula is C18H27N. The summed E-state index contributed by atoms with van der Waals surface area (Å²) in [6, 6.07) is 5.27. The van der Waals surface area contributed by atoms with Gasteiger partial charge in [0, 0.05) is 6.04 Å². The highest BCUT2D eigenvalue weighted by atomic mass is 14.9. The van der Waals surface area contributed by atoms with E-state index in [4.69, 9.17) is 0 Å². The molecule has 2 fully saturated rings. The predicted molar refractivity (Wildman–Crippen MR) is 81.4 cm³/mol. The number of hydrogen-bond donors (Lipinski definition) is 1. The van der Waals surface area contributed by atoms with E-state index >= 15 is 0 Å². The average molecular weight is 257 g/mol. The third kappa shape index (κ3) is 2.23. The van der Waals surface area contributed by atoms with Crippen LogP contribution < -0.4 is 5.32 Å². The summed E-state index contributed by atoms with van der Waals surface area (Å²) >= 11 is 0. The van der Waals surface area contributed by atoms with Gasteiger partial charge in [-0.3, -0.25) is 0 Å². The molecule has 0 aliphatic heterocycles. The van der Waals surface area contributed by atoms with Crippen molar-refractivity contribution >= 4 is 0 Å². The maximum Gasteiger partial charge on any atom is 0.0356 e. The summed E-state index contributed by atoms with van der Waals surface area (Å²) in [6.45, 7) is 6.77. The number of fused-ring (bicyclic) bond motifs is 1. The van der Waals surface area contributed by atoms with Crippen LogP contribution in [0.5, 0.6) is 0 Å². The van der Waals surface area contributed by atoms with Gasteiger partial charge in [0.15, 0.2) is 0 Å². The smallest absolute Gasteiger partial charge is 0.0356 e. The summed E-state index contributed by atoms with van der Waals surface area (Å²) in [5, 5.41) is 3.64. The highest BCUT2D eigenvalue weighted by Crippen LogP contribution is 2.60. The number of benzene rings is 1. The minimum atomic E-state index is 0.578. The standard InChI is InChI=1S/C18H27N/c1-11-9-12(2)16(13(3)10-11)18(19-4)17-14-7-5-6-8-15(14)17/h9-10,14-15,17-19H,5-8H2,1-4H3. The van der Waals surface area contributed by atoms with Gasteiger partial charge in [-0.05, 0) is 75.1 Å². The monoisotopic (exact) mass is 257 g/mol. The van der Waals surface area contributed by atoms with E-state index in [1.807, 2.05) is 0 Å². The Kier molecular flexibility index (Phi) is 3.42. The highest BCUT2D eigenvalue weighted by molar-refractivity contribution is 5.41. The molecule has 1 N–H and O–H groups in total. The van der Waals surface area contributed by atoms with Crippen molar-refractivity contribution in [2.75, 3.05) is 7.05 Å². The van der Waals surface area contributed by atoms with Crippen LogP contribution in [0.3, 0.4) is 0 Å². The van der Waals surface area contributed by atoms with Crippen LogP contribution in [-0.4, -0.2) is 7.05 Å². The topological polar surface area (TPSA) is 12.0 Å². The largest absolute Gasteiger partial charge is 0.313 e. The number of nitrogens with one attached hydrogen (secondary N) is 1. The molecule has 0 saturated heterocycles. The second-order valence-corrected chi connectivity index (χ2v) is 6.77. The summed E-state index contributed by atoms with van der Waals surface area (Å²) in [6.07, 6.45) is 5.86. The van der Waals surface area contributed by atoms with Gasteiger partial charge in [-0.25, -0.2) is 0 Å². The fourth-order valence-corrected chi connectivity index (χ4v) is 4.75.